The maximum atomic E-state index is 14.1. The molecular formula is C21H24F4N6OS. The van der Waals surface area contributed by atoms with Crippen LogP contribution in [0, 0.1) is 11.6 Å². The van der Waals surface area contributed by atoms with Crippen molar-refractivity contribution in [3.8, 4) is 10.6 Å². The van der Waals surface area contributed by atoms with Crippen molar-refractivity contribution in [1.29, 1.82) is 0 Å². The van der Waals surface area contributed by atoms with Gasteiger partial charge in [-0.3, -0.25) is 9.79 Å². The molecule has 2 heterocycles. The molecule has 1 saturated heterocycles. The van der Waals surface area contributed by atoms with Crippen molar-refractivity contribution in [1.82, 2.24) is 15.2 Å². The third-order valence-electron chi connectivity index (χ3n) is 4.99. The van der Waals surface area contributed by atoms with E-state index in [1.807, 2.05) is 0 Å². The number of hydrogen-bond acceptors (Lipinski definition) is 6. The average Bonchev–Trinajstić information content (AvgIpc) is 2.96. The summed E-state index contributed by atoms with van der Waals surface area (Å²) in [6.45, 7) is 0.393. The van der Waals surface area contributed by atoms with Gasteiger partial charge in [0, 0.05) is 19.3 Å². The third kappa shape index (κ3) is 6.01. The number of aliphatic imine (C=N–C) groups is 1. The molecule has 1 aromatic heterocycles. The number of nitrogens with zero attached hydrogens (tertiary/aromatic N) is 3. The number of nitrogen functional groups attached to an aromatic ring is 1. The fourth-order valence-corrected chi connectivity index (χ4v) is 4.33. The van der Waals surface area contributed by atoms with Gasteiger partial charge in [0.25, 0.3) is 12.3 Å². The number of hydrogen-bond donors (Lipinski definition) is 3. The standard InChI is InChI=1S/C21H24F4N6OS/c22-12-6-5-7-13(23)16(12)21-30-17(18(27)33-21)20(32)29-14(10-26)19(28-11-15(24)25)31-8-3-1-2-4-9-31/h5-7,10,15H,1-4,8-9,11,26-27H2,(H,29,32)/b14-10+,28-19?. The van der Waals surface area contributed by atoms with E-state index in [9.17, 15) is 22.4 Å². The maximum Gasteiger partial charge on any atom is 0.277 e. The molecule has 3 rings (SSSR count). The molecule has 1 fully saturated rings. The van der Waals surface area contributed by atoms with E-state index in [1.54, 1.807) is 4.90 Å². The smallest absolute Gasteiger partial charge is 0.277 e. The number of anilines is 1. The Morgan fingerprint density at radius 3 is 2.42 bits per heavy atom. The molecule has 33 heavy (non-hydrogen) atoms. The second kappa shape index (κ2) is 11.1. The summed E-state index contributed by atoms with van der Waals surface area (Å²) in [4.78, 5) is 22.7. The zero-order chi connectivity index (χ0) is 24.0. The van der Waals surface area contributed by atoms with Crippen LogP contribution < -0.4 is 16.8 Å². The maximum absolute atomic E-state index is 14.1. The zero-order valence-corrected chi connectivity index (χ0v) is 18.5. The number of amidine groups is 1. The third-order valence-corrected chi connectivity index (χ3v) is 5.89. The molecule has 1 aliphatic rings. The van der Waals surface area contributed by atoms with Gasteiger partial charge < -0.3 is 21.7 Å². The Bertz CT molecular complexity index is 1030. The fraction of sp³-hybridized carbons (Fsp3) is 0.381. The molecule has 0 spiro atoms. The first-order valence-corrected chi connectivity index (χ1v) is 11.1. The van der Waals surface area contributed by atoms with Crippen LogP contribution in [0.15, 0.2) is 35.1 Å². The first kappa shape index (κ1) is 24.5. The number of nitrogens with two attached hydrogens (primary N) is 2. The molecule has 1 aromatic carbocycles. The summed E-state index contributed by atoms with van der Waals surface area (Å²) in [7, 11) is 0. The molecule has 0 atom stereocenters. The zero-order valence-electron chi connectivity index (χ0n) is 17.7. The van der Waals surface area contributed by atoms with Crippen LogP contribution in [-0.2, 0) is 0 Å². The summed E-state index contributed by atoms with van der Waals surface area (Å²) in [6.07, 6.45) is 2.07. The van der Waals surface area contributed by atoms with E-state index >= 15 is 0 Å². The van der Waals surface area contributed by atoms with Crippen LogP contribution in [-0.4, -0.2) is 47.7 Å². The Hall–Kier alpha value is -3.15. The predicted octanol–water partition coefficient (Wildman–Crippen LogP) is 3.74. The lowest BCUT2D eigenvalue weighted by atomic mass is 10.2. The number of rotatable bonds is 6. The highest BCUT2D eigenvalue weighted by Crippen LogP contribution is 2.33. The van der Waals surface area contributed by atoms with Gasteiger partial charge in [0.05, 0.1) is 11.3 Å². The highest BCUT2D eigenvalue weighted by Gasteiger charge is 2.25. The SMILES string of the molecule is N/C=C(/NC(=O)c1nc(-c2c(F)cccc2F)sc1N)C(=NCC(F)F)N1CCCCCC1. The van der Waals surface area contributed by atoms with Crippen LogP contribution in [0.3, 0.4) is 0 Å². The quantitative estimate of drug-likeness (QED) is 0.329. The Labute approximate surface area is 192 Å². The summed E-state index contributed by atoms with van der Waals surface area (Å²) >= 11 is 0.747. The second-order valence-electron chi connectivity index (χ2n) is 7.32. The Morgan fingerprint density at radius 2 is 1.85 bits per heavy atom. The van der Waals surface area contributed by atoms with E-state index < -0.39 is 36.1 Å². The van der Waals surface area contributed by atoms with Gasteiger partial charge in [-0.15, -0.1) is 0 Å². The number of benzene rings is 1. The number of amides is 1. The lowest BCUT2D eigenvalue weighted by Crippen LogP contribution is -2.40. The van der Waals surface area contributed by atoms with Gasteiger partial charge in [0.15, 0.2) is 5.69 Å². The average molecular weight is 485 g/mol. The Kier molecular flexibility index (Phi) is 8.26. The summed E-state index contributed by atoms with van der Waals surface area (Å²) < 4.78 is 54.0. The Balaban J connectivity index is 1.87. The van der Waals surface area contributed by atoms with Crippen molar-refractivity contribution in [3.05, 3.63) is 47.4 Å². The first-order chi connectivity index (χ1) is 15.8. The lowest BCUT2D eigenvalue weighted by molar-refractivity contribution is 0.0964. The van der Waals surface area contributed by atoms with Crippen LogP contribution in [0.5, 0.6) is 0 Å². The molecule has 0 radical (unpaired) electrons. The molecule has 5 N–H and O–H groups in total. The van der Waals surface area contributed by atoms with Gasteiger partial charge in [0.1, 0.15) is 34.0 Å². The van der Waals surface area contributed by atoms with Crippen LogP contribution in [0.4, 0.5) is 22.6 Å². The van der Waals surface area contributed by atoms with E-state index in [4.69, 9.17) is 11.5 Å². The molecule has 1 aliphatic heterocycles. The topological polar surface area (TPSA) is 110 Å². The highest BCUT2D eigenvalue weighted by atomic mass is 32.1. The van der Waals surface area contributed by atoms with Crippen molar-refractivity contribution < 1.29 is 22.4 Å². The van der Waals surface area contributed by atoms with Gasteiger partial charge in [-0.2, -0.15) is 0 Å². The van der Waals surface area contributed by atoms with Crippen molar-refractivity contribution >= 4 is 28.1 Å². The molecule has 0 unspecified atom stereocenters. The van der Waals surface area contributed by atoms with Crippen molar-refractivity contribution in [3.63, 3.8) is 0 Å². The number of carbonyl (C=O) groups is 1. The van der Waals surface area contributed by atoms with E-state index in [0.717, 1.165) is 55.4 Å². The number of nitrogens with one attached hydrogen (secondary N) is 1. The van der Waals surface area contributed by atoms with Crippen LogP contribution in [0.25, 0.3) is 10.6 Å². The van der Waals surface area contributed by atoms with E-state index in [2.05, 4.69) is 15.3 Å². The molecular weight excluding hydrogens is 460 g/mol. The number of halogens is 4. The van der Waals surface area contributed by atoms with Crippen molar-refractivity contribution in [2.75, 3.05) is 25.4 Å². The molecule has 0 saturated carbocycles. The number of carbonyl (C=O) groups excluding carboxylic acids is 1. The lowest BCUT2D eigenvalue weighted by Gasteiger charge is -2.26. The van der Waals surface area contributed by atoms with Gasteiger partial charge >= 0.3 is 0 Å². The van der Waals surface area contributed by atoms with Gasteiger partial charge in [-0.1, -0.05) is 30.2 Å². The molecule has 1 amide bonds. The monoisotopic (exact) mass is 484 g/mol. The summed E-state index contributed by atoms with van der Waals surface area (Å²) in [5.41, 5.74) is 11.0. The van der Waals surface area contributed by atoms with Crippen molar-refractivity contribution in [2.24, 2.45) is 10.7 Å². The fourth-order valence-electron chi connectivity index (χ4n) is 3.45. The van der Waals surface area contributed by atoms with E-state index in [1.165, 1.54) is 6.07 Å². The van der Waals surface area contributed by atoms with Crippen molar-refractivity contribution in [2.45, 2.75) is 32.1 Å². The number of aromatic nitrogens is 1. The van der Waals surface area contributed by atoms with Crippen LogP contribution in [0.1, 0.15) is 36.2 Å². The molecule has 2 aromatic rings. The molecule has 12 heteroatoms. The van der Waals surface area contributed by atoms with E-state index in [0.29, 0.717) is 13.1 Å². The number of alkyl halides is 2. The van der Waals surface area contributed by atoms with Gasteiger partial charge in [0.2, 0.25) is 0 Å². The number of thiazole rings is 1. The largest absolute Gasteiger partial charge is 0.403 e. The minimum Gasteiger partial charge on any atom is -0.403 e. The molecule has 7 nitrogen and oxygen atoms in total. The van der Waals surface area contributed by atoms with E-state index in [-0.39, 0.29) is 27.2 Å². The molecule has 178 valence electrons. The van der Waals surface area contributed by atoms with Gasteiger partial charge in [-0.05, 0) is 25.0 Å². The predicted molar refractivity (Wildman–Crippen MR) is 120 cm³/mol. The minimum absolute atomic E-state index is 0.0218. The Morgan fingerprint density at radius 1 is 1.21 bits per heavy atom. The number of likely N-dealkylation sites (tertiary alicyclic amines) is 1. The van der Waals surface area contributed by atoms with Crippen LogP contribution in [0.2, 0.25) is 0 Å². The molecule has 0 aliphatic carbocycles. The highest BCUT2D eigenvalue weighted by molar-refractivity contribution is 7.19. The normalized spacial score (nSPS) is 15.6. The summed E-state index contributed by atoms with van der Waals surface area (Å²) in [5, 5.41) is 2.34. The second-order valence-corrected chi connectivity index (χ2v) is 8.35. The van der Waals surface area contributed by atoms with Gasteiger partial charge in [-0.25, -0.2) is 22.5 Å². The molecule has 0 bridgehead atoms. The first-order valence-electron chi connectivity index (χ1n) is 10.3. The minimum atomic E-state index is -2.67. The summed E-state index contributed by atoms with van der Waals surface area (Å²) in [5.74, 6) is -2.35. The van der Waals surface area contributed by atoms with Crippen LogP contribution >= 0.6 is 11.3 Å². The summed E-state index contributed by atoms with van der Waals surface area (Å²) in [6, 6.07) is 3.34.